The molecule has 0 unspecified atom stereocenters. The van der Waals surface area contributed by atoms with Crippen LogP contribution in [-0.2, 0) is 0 Å². The molecule has 3 nitrogen and oxygen atoms in total. The molecule has 106 valence electrons. The van der Waals surface area contributed by atoms with Crippen molar-refractivity contribution in [1.29, 1.82) is 0 Å². The molecule has 3 aromatic rings. The van der Waals surface area contributed by atoms with Gasteiger partial charge in [0.15, 0.2) is 5.78 Å². The molecule has 2 aromatic heterocycles. The number of aromatic nitrogens is 2. The number of rotatable bonds is 2. The minimum absolute atomic E-state index is 0.175. The maximum atomic E-state index is 12.6. The van der Waals surface area contributed by atoms with Gasteiger partial charge in [-0.15, -0.1) is 0 Å². The van der Waals surface area contributed by atoms with Crippen molar-refractivity contribution in [2.24, 2.45) is 5.92 Å². The van der Waals surface area contributed by atoms with Gasteiger partial charge in [-0.3, -0.25) is 9.78 Å². The second kappa shape index (κ2) is 4.99. The van der Waals surface area contributed by atoms with Crippen LogP contribution < -0.4 is 0 Å². The highest BCUT2D eigenvalue weighted by Crippen LogP contribution is 2.29. The van der Waals surface area contributed by atoms with E-state index in [-0.39, 0.29) is 11.7 Å². The van der Waals surface area contributed by atoms with Gasteiger partial charge in [0, 0.05) is 22.2 Å². The van der Waals surface area contributed by atoms with E-state index < -0.39 is 0 Å². The van der Waals surface area contributed by atoms with Crippen LogP contribution in [0.3, 0.4) is 0 Å². The molecular weight excluding hydrogens is 260 g/mol. The molecule has 4 rings (SSSR count). The van der Waals surface area contributed by atoms with Crippen LogP contribution in [0.4, 0.5) is 0 Å². The number of para-hydroxylation sites is 1. The Labute approximate surface area is 123 Å². The van der Waals surface area contributed by atoms with Crippen LogP contribution in [0.2, 0.25) is 0 Å². The van der Waals surface area contributed by atoms with Crippen LogP contribution in [0.25, 0.3) is 21.8 Å². The lowest BCUT2D eigenvalue weighted by molar-refractivity contribution is 0.0884. The number of H-pyrrole nitrogens is 1. The molecule has 0 amide bonds. The molecule has 3 heteroatoms. The van der Waals surface area contributed by atoms with Gasteiger partial charge in [-0.2, -0.15) is 0 Å². The number of carbonyl (C=O) groups is 1. The maximum Gasteiger partial charge on any atom is 0.184 e. The van der Waals surface area contributed by atoms with Crippen LogP contribution in [0.5, 0.6) is 0 Å². The van der Waals surface area contributed by atoms with Crippen LogP contribution in [0.15, 0.2) is 36.5 Å². The predicted octanol–water partition coefficient (Wildman–Crippen LogP) is 4.48. The number of aromatic amines is 1. The number of benzene rings is 1. The van der Waals surface area contributed by atoms with Crippen molar-refractivity contribution in [2.45, 2.75) is 32.1 Å². The summed E-state index contributed by atoms with van der Waals surface area (Å²) in [5.74, 6) is 0.399. The largest absolute Gasteiger partial charge is 0.353 e. The molecule has 0 saturated heterocycles. The van der Waals surface area contributed by atoms with Crippen molar-refractivity contribution in [3.05, 3.63) is 42.2 Å². The number of hydrogen-bond donors (Lipinski definition) is 1. The van der Waals surface area contributed by atoms with Gasteiger partial charge in [0.2, 0.25) is 0 Å². The van der Waals surface area contributed by atoms with Crippen LogP contribution in [0, 0.1) is 5.92 Å². The Morgan fingerprint density at radius 3 is 2.71 bits per heavy atom. The van der Waals surface area contributed by atoms with E-state index in [1.54, 1.807) is 6.20 Å². The molecule has 1 N–H and O–H groups in total. The number of ketones is 1. The van der Waals surface area contributed by atoms with Gasteiger partial charge in [0.05, 0.1) is 11.7 Å². The van der Waals surface area contributed by atoms with Crippen molar-refractivity contribution in [3.8, 4) is 0 Å². The fraction of sp³-hybridized carbons (Fsp3) is 0.333. The molecule has 0 bridgehead atoms. The number of carbonyl (C=O) groups excluding carboxylic acids is 1. The minimum Gasteiger partial charge on any atom is -0.353 e. The zero-order valence-electron chi connectivity index (χ0n) is 11.9. The summed E-state index contributed by atoms with van der Waals surface area (Å²) >= 11 is 0. The van der Waals surface area contributed by atoms with Gasteiger partial charge in [0.25, 0.3) is 0 Å². The standard InChI is InChI=1S/C18H18N2O/c21-18(12-6-2-1-3-7-12)16-10-14-13-8-4-5-9-15(13)20-17(14)11-19-16/h4-5,8-12,20H,1-3,6-7H2. The normalized spacial score (nSPS) is 16.6. The van der Waals surface area contributed by atoms with Crippen molar-refractivity contribution < 1.29 is 4.79 Å². The summed E-state index contributed by atoms with van der Waals surface area (Å²) in [4.78, 5) is 20.4. The topological polar surface area (TPSA) is 45.8 Å². The van der Waals surface area contributed by atoms with Gasteiger partial charge in [-0.25, -0.2) is 0 Å². The molecule has 1 aliphatic rings. The van der Waals surface area contributed by atoms with E-state index in [1.165, 1.54) is 19.3 Å². The van der Waals surface area contributed by atoms with Gasteiger partial charge in [-0.05, 0) is 25.0 Å². The Hall–Kier alpha value is -2.16. The van der Waals surface area contributed by atoms with Crippen LogP contribution in [-0.4, -0.2) is 15.8 Å². The SMILES string of the molecule is O=C(c1cc2c(cn1)[nH]c1ccccc12)C1CCCCC1. The average molecular weight is 278 g/mol. The third-order valence-corrected chi connectivity index (χ3v) is 4.62. The molecule has 0 spiro atoms. The fourth-order valence-electron chi connectivity index (χ4n) is 3.46. The number of Topliss-reactive ketones (excluding diaryl/α,β-unsaturated/α-hetero) is 1. The van der Waals surface area contributed by atoms with E-state index in [4.69, 9.17) is 0 Å². The van der Waals surface area contributed by atoms with Crippen LogP contribution in [0.1, 0.15) is 42.6 Å². The molecule has 1 saturated carbocycles. The Morgan fingerprint density at radius 2 is 1.86 bits per heavy atom. The number of nitrogens with zero attached hydrogens (tertiary/aromatic N) is 1. The predicted molar refractivity (Wildman–Crippen MR) is 84.5 cm³/mol. The highest BCUT2D eigenvalue weighted by molar-refractivity contribution is 6.09. The van der Waals surface area contributed by atoms with Crippen molar-refractivity contribution in [3.63, 3.8) is 0 Å². The van der Waals surface area contributed by atoms with E-state index in [9.17, 15) is 4.79 Å². The first-order valence-corrected chi connectivity index (χ1v) is 7.73. The molecule has 0 atom stereocenters. The smallest absolute Gasteiger partial charge is 0.184 e. The minimum atomic E-state index is 0.175. The van der Waals surface area contributed by atoms with Gasteiger partial charge in [0.1, 0.15) is 5.69 Å². The van der Waals surface area contributed by atoms with Gasteiger partial charge >= 0.3 is 0 Å². The summed E-state index contributed by atoms with van der Waals surface area (Å²) in [5, 5.41) is 2.26. The van der Waals surface area contributed by atoms with E-state index in [0.717, 1.165) is 34.6 Å². The zero-order valence-corrected chi connectivity index (χ0v) is 11.9. The summed E-state index contributed by atoms with van der Waals surface area (Å²) in [5.41, 5.74) is 2.71. The van der Waals surface area contributed by atoms with Crippen molar-refractivity contribution in [2.75, 3.05) is 0 Å². The van der Waals surface area contributed by atoms with E-state index in [2.05, 4.69) is 22.1 Å². The van der Waals surface area contributed by atoms with Crippen LogP contribution >= 0.6 is 0 Å². The lowest BCUT2D eigenvalue weighted by Gasteiger charge is -2.19. The molecule has 0 aliphatic heterocycles. The number of pyridine rings is 1. The molecule has 2 heterocycles. The molecule has 1 fully saturated rings. The van der Waals surface area contributed by atoms with Gasteiger partial charge in [-0.1, -0.05) is 37.5 Å². The highest BCUT2D eigenvalue weighted by Gasteiger charge is 2.23. The average Bonchev–Trinajstić information content (AvgIpc) is 2.93. The Morgan fingerprint density at radius 1 is 1.05 bits per heavy atom. The second-order valence-corrected chi connectivity index (χ2v) is 5.98. The molecule has 21 heavy (non-hydrogen) atoms. The van der Waals surface area contributed by atoms with E-state index in [0.29, 0.717) is 5.69 Å². The second-order valence-electron chi connectivity index (χ2n) is 5.98. The van der Waals surface area contributed by atoms with Crippen molar-refractivity contribution in [1.82, 2.24) is 9.97 Å². The van der Waals surface area contributed by atoms with E-state index in [1.807, 2.05) is 18.2 Å². The lowest BCUT2D eigenvalue weighted by atomic mass is 9.85. The van der Waals surface area contributed by atoms with Gasteiger partial charge < -0.3 is 4.98 Å². The maximum absolute atomic E-state index is 12.6. The summed E-state index contributed by atoms with van der Waals surface area (Å²) in [7, 11) is 0. The van der Waals surface area contributed by atoms with Crippen molar-refractivity contribution >= 4 is 27.6 Å². The monoisotopic (exact) mass is 278 g/mol. The highest BCUT2D eigenvalue weighted by atomic mass is 16.1. The van der Waals surface area contributed by atoms with E-state index >= 15 is 0 Å². The molecule has 1 aromatic carbocycles. The molecule has 1 aliphatic carbocycles. The third kappa shape index (κ3) is 2.13. The zero-order chi connectivity index (χ0) is 14.2. The summed E-state index contributed by atoms with van der Waals surface area (Å²) in [6, 6.07) is 10.1. The molecular formula is C18H18N2O. The Bertz CT molecular complexity index is 812. The Balaban J connectivity index is 1.78. The fourth-order valence-corrected chi connectivity index (χ4v) is 3.46. The number of hydrogen-bond acceptors (Lipinski definition) is 2. The number of fused-ring (bicyclic) bond motifs is 3. The Kier molecular flexibility index (Phi) is 2.99. The quantitative estimate of drug-likeness (QED) is 0.702. The lowest BCUT2D eigenvalue weighted by Crippen LogP contribution is -2.18. The first kappa shape index (κ1) is 12.6. The number of nitrogens with one attached hydrogen (secondary N) is 1. The summed E-state index contributed by atoms with van der Waals surface area (Å²) in [6.45, 7) is 0. The first-order chi connectivity index (χ1) is 10.3. The summed E-state index contributed by atoms with van der Waals surface area (Å²) < 4.78 is 0. The molecule has 0 radical (unpaired) electrons. The summed E-state index contributed by atoms with van der Waals surface area (Å²) in [6.07, 6.45) is 7.44. The first-order valence-electron chi connectivity index (χ1n) is 7.73. The third-order valence-electron chi connectivity index (χ3n) is 4.62.